The number of hydrogen-bond acceptors (Lipinski definition) is 2. The van der Waals surface area contributed by atoms with Crippen LogP contribution in [0.15, 0.2) is 36.4 Å². The van der Waals surface area contributed by atoms with Gasteiger partial charge in [-0.3, -0.25) is 0 Å². The smallest absolute Gasteiger partial charge is 0.384 e. The summed E-state index contributed by atoms with van der Waals surface area (Å²) in [5, 5.41) is 3.84. The molecule has 0 aliphatic heterocycles. The Kier molecular flexibility index (Phi) is 2.79. The molecule has 2 rings (SSSR count). The third-order valence-corrected chi connectivity index (χ3v) is 2.21. The van der Waals surface area contributed by atoms with E-state index in [2.05, 4.69) is 5.10 Å². The first-order valence-electron chi connectivity index (χ1n) is 4.91. The van der Waals surface area contributed by atoms with Gasteiger partial charge in [0.05, 0.1) is 5.69 Å². The summed E-state index contributed by atoms with van der Waals surface area (Å²) in [5.41, 5.74) is 6.66. The van der Waals surface area contributed by atoms with Crippen LogP contribution in [0.25, 0.3) is 11.3 Å². The highest BCUT2D eigenvalue weighted by Crippen LogP contribution is 2.23. The fourth-order valence-electron chi connectivity index (χ4n) is 1.48. The highest BCUT2D eigenvalue weighted by molar-refractivity contribution is 5.62. The molecule has 1 aromatic carbocycles. The molecule has 0 amide bonds. The summed E-state index contributed by atoms with van der Waals surface area (Å²) in [6.45, 7) is -1.17. The average molecular weight is 241 g/mol. The Morgan fingerprint density at radius 3 is 2.41 bits per heavy atom. The molecule has 0 bridgehead atoms. The number of hydrogen-bond donors (Lipinski definition) is 1. The Morgan fingerprint density at radius 2 is 1.82 bits per heavy atom. The molecule has 0 unspecified atom stereocenters. The Morgan fingerprint density at radius 1 is 1.18 bits per heavy atom. The van der Waals surface area contributed by atoms with Crippen LogP contribution in [-0.4, -0.2) is 16.0 Å². The second-order valence-corrected chi connectivity index (χ2v) is 3.59. The number of halogens is 3. The lowest BCUT2D eigenvalue weighted by Gasteiger charge is -2.07. The molecule has 2 aromatic rings. The summed E-state index contributed by atoms with van der Waals surface area (Å²) in [6, 6.07) is 10.3. The van der Waals surface area contributed by atoms with E-state index in [0.717, 1.165) is 10.2 Å². The maximum Gasteiger partial charge on any atom is 0.408 e. The van der Waals surface area contributed by atoms with Crippen molar-refractivity contribution in [3.63, 3.8) is 0 Å². The third kappa shape index (κ3) is 2.77. The van der Waals surface area contributed by atoms with Gasteiger partial charge in [0.1, 0.15) is 12.4 Å². The van der Waals surface area contributed by atoms with Crippen LogP contribution in [0.4, 0.5) is 19.0 Å². The van der Waals surface area contributed by atoms with Crippen LogP contribution in [0, 0.1) is 0 Å². The van der Waals surface area contributed by atoms with Crippen molar-refractivity contribution >= 4 is 5.82 Å². The molecule has 90 valence electrons. The number of rotatable bonds is 2. The number of nitrogens with zero attached hydrogens (tertiary/aromatic N) is 2. The molecule has 3 nitrogen and oxygen atoms in total. The zero-order chi connectivity index (χ0) is 12.5. The quantitative estimate of drug-likeness (QED) is 0.878. The second-order valence-electron chi connectivity index (χ2n) is 3.59. The minimum Gasteiger partial charge on any atom is -0.384 e. The van der Waals surface area contributed by atoms with E-state index in [0.29, 0.717) is 5.69 Å². The van der Waals surface area contributed by atoms with Crippen molar-refractivity contribution in [1.29, 1.82) is 0 Å². The molecule has 6 heteroatoms. The molecular formula is C11H10F3N3. The monoisotopic (exact) mass is 241 g/mol. The molecule has 17 heavy (non-hydrogen) atoms. The van der Waals surface area contributed by atoms with Gasteiger partial charge in [0.2, 0.25) is 0 Å². The van der Waals surface area contributed by atoms with Crippen LogP contribution in [0.3, 0.4) is 0 Å². The molecule has 1 aromatic heterocycles. The van der Waals surface area contributed by atoms with Gasteiger partial charge in [0, 0.05) is 11.6 Å². The third-order valence-electron chi connectivity index (χ3n) is 2.21. The topological polar surface area (TPSA) is 43.8 Å². The zero-order valence-electron chi connectivity index (χ0n) is 8.78. The molecule has 0 saturated carbocycles. The van der Waals surface area contributed by atoms with Crippen molar-refractivity contribution < 1.29 is 13.2 Å². The highest BCUT2D eigenvalue weighted by atomic mass is 19.4. The van der Waals surface area contributed by atoms with Crippen molar-refractivity contribution in [3.05, 3.63) is 36.4 Å². The van der Waals surface area contributed by atoms with Gasteiger partial charge in [-0.15, -0.1) is 0 Å². The van der Waals surface area contributed by atoms with Crippen molar-refractivity contribution in [2.24, 2.45) is 0 Å². The summed E-state index contributed by atoms with van der Waals surface area (Å²) >= 11 is 0. The lowest BCUT2D eigenvalue weighted by molar-refractivity contribution is -0.142. The van der Waals surface area contributed by atoms with Crippen molar-refractivity contribution in [2.45, 2.75) is 12.7 Å². The molecule has 0 spiro atoms. The normalized spacial score (nSPS) is 11.7. The Bertz CT molecular complexity index is 502. The summed E-state index contributed by atoms with van der Waals surface area (Å²) in [6.07, 6.45) is -4.33. The number of anilines is 1. The van der Waals surface area contributed by atoms with Gasteiger partial charge in [-0.25, -0.2) is 4.68 Å². The van der Waals surface area contributed by atoms with Crippen LogP contribution >= 0.6 is 0 Å². The van der Waals surface area contributed by atoms with E-state index in [1.54, 1.807) is 24.3 Å². The van der Waals surface area contributed by atoms with Crippen LogP contribution in [0.1, 0.15) is 0 Å². The van der Waals surface area contributed by atoms with Crippen molar-refractivity contribution in [2.75, 3.05) is 5.73 Å². The summed E-state index contributed by atoms with van der Waals surface area (Å²) in [4.78, 5) is 0. The molecule has 1 heterocycles. The van der Waals surface area contributed by atoms with E-state index in [-0.39, 0.29) is 5.82 Å². The summed E-state index contributed by atoms with van der Waals surface area (Å²) in [5.74, 6) is 0.00109. The van der Waals surface area contributed by atoms with E-state index in [4.69, 9.17) is 5.73 Å². The molecule has 0 aliphatic rings. The molecule has 0 atom stereocenters. The maximum absolute atomic E-state index is 12.2. The zero-order valence-corrected chi connectivity index (χ0v) is 8.78. The van der Waals surface area contributed by atoms with E-state index in [1.165, 1.54) is 6.07 Å². The molecule has 0 radical (unpaired) electrons. The van der Waals surface area contributed by atoms with Gasteiger partial charge in [-0.1, -0.05) is 30.3 Å². The first kappa shape index (κ1) is 11.5. The van der Waals surface area contributed by atoms with Gasteiger partial charge in [0.25, 0.3) is 0 Å². The lowest BCUT2D eigenvalue weighted by Crippen LogP contribution is -2.19. The van der Waals surface area contributed by atoms with E-state index in [9.17, 15) is 13.2 Å². The van der Waals surface area contributed by atoms with Crippen LogP contribution in [-0.2, 0) is 6.54 Å². The largest absolute Gasteiger partial charge is 0.408 e. The number of nitrogens with two attached hydrogens (primary N) is 1. The first-order chi connectivity index (χ1) is 7.96. The Balaban J connectivity index is 2.31. The first-order valence-corrected chi connectivity index (χ1v) is 4.91. The fourth-order valence-corrected chi connectivity index (χ4v) is 1.48. The van der Waals surface area contributed by atoms with Crippen LogP contribution in [0.5, 0.6) is 0 Å². The van der Waals surface area contributed by atoms with Gasteiger partial charge in [-0.2, -0.15) is 18.3 Å². The number of benzene rings is 1. The predicted octanol–water partition coefficient (Wildman–Crippen LogP) is 2.69. The number of alkyl halides is 3. The summed E-state index contributed by atoms with van der Waals surface area (Å²) in [7, 11) is 0. The molecular weight excluding hydrogens is 231 g/mol. The van der Waals surface area contributed by atoms with Crippen LogP contribution in [0.2, 0.25) is 0 Å². The van der Waals surface area contributed by atoms with Crippen molar-refractivity contribution in [1.82, 2.24) is 9.78 Å². The van der Waals surface area contributed by atoms with E-state index in [1.807, 2.05) is 6.07 Å². The average Bonchev–Trinajstić information content (AvgIpc) is 2.59. The standard InChI is InChI=1S/C11H10F3N3/c12-11(13,14)7-17-10(15)6-9(16-17)8-4-2-1-3-5-8/h1-6H,7,15H2. The molecule has 2 N–H and O–H groups in total. The second kappa shape index (κ2) is 4.12. The minimum absolute atomic E-state index is 0.00109. The Hall–Kier alpha value is -1.98. The fraction of sp³-hybridized carbons (Fsp3) is 0.182. The molecule has 0 aliphatic carbocycles. The lowest BCUT2D eigenvalue weighted by atomic mass is 10.2. The van der Waals surface area contributed by atoms with Gasteiger partial charge in [-0.05, 0) is 0 Å². The SMILES string of the molecule is Nc1cc(-c2ccccc2)nn1CC(F)(F)F. The molecule has 0 fully saturated rings. The number of nitrogen functional groups attached to an aromatic ring is 1. The highest BCUT2D eigenvalue weighted by Gasteiger charge is 2.29. The number of aromatic nitrogens is 2. The van der Waals surface area contributed by atoms with E-state index < -0.39 is 12.7 Å². The maximum atomic E-state index is 12.2. The van der Waals surface area contributed by atoms with Crippen molar-refractivity contribution in [3.8, 4) is 11.3 Å². The minimum atomic E-state index is -4.33. The van der Waals surface area contributed by atoms with Crippen LogP contribution < -0.4 is 5.73 Å². The van der Waals surface area contributed by atoms with Gasteiger partial charge < -0.3 is 5.73 Å². The van der Waals surface area contributed by atoms with Gasteiger partial charge >= 0.3 is 6.18 Å². The van der Waals surface area contributed by atoms with E-state index >= 15 is 0 Å². The van der Waals surface area contributed by atoms with Gasteiger partial charge in [0.15, 0.2) is 0 Å². The molecule has 0 saturated heterocycles. The Labute approximate surface area is 95.7 Å². The predicted molar refractivity (Wildman–Crippen MR) is 58.1 cm³/mol. The summed E-state index contributed by atoms with van der Waals surface area (Å²) < 4.78 is 37.4.